The van der Waals surface area contributed by atoms with Gasteiger partial charge in [-0.15, -0.1) is 0 Å². The second-order valence-electron chi connectivity index (χ2n) is 17.3. The number of H-pyrrole nitrogens is 2. The molecular weight excluding hydrogens is 903 g/mol. The summed E-state index contributed by atoms with van der Waals surface area (Å²) in [7, 11) is 3.92. The summed E-state index contributed by atoms with van der Waals surface area (Å²) in [6.45, 7) is 15.4. The Morgan fingerprint density at radius 3 is 1.82 bits per heavy atom. The topological polar surface area (TPSA) is 162 Å². The number of nitrogens with one attached hydrogen (secondary N) is 3. The summed E-state index contributed by atoms with van der Waals surface area (Å²) in [6.07, 6.45) is 0.683. The molecule has 0 bridgehead atoms. The molecule has 2 aliphatic rings. The average Bonchev–Trinajstić information content (AvgIpc) is 4.12. The molecule has 17 heteroatoms. The molecular formula is C54H58F2N12O3. The molecule has 0 unspecified atom stereocenters. The zero-order chi connectivity index (χ0) is 49.4. The average molecular weight is 961 g/mol. The Hall–Kier alpha value is -8.02. The molecule has 2 aliphatic heterocycles. The van der Waals surface area contributed by atoms with Crippen LogP contribution in [0, 0.1) is 11.6 Å². The van der Waals surface area contributed by atoms with Gasteiger partial charge in [0.1, 0.15) is 22.9 Å². The summed E-state index contributed by atoms with van der Waals surface area (Å²) >= 11 is 0. The number of rotatable bonds is 11. The van der Waals surface area contributed by atoms with Crippen molar-refractivity contribution in [3.63, 3.8) is 0 Å². The zero-order valence-electron chi connectivity index (χ0n) is 40.3. The maximum atomic E-state index is 14.1. The van der Waals surface area contributed by atoms with Crippen LogP contribution in [0.15, 0.2) is 121 Å². The van der Waals surface area contributed by atoms with Crippen LogP contribution in [0.5, 0.6) is 23.0 Å². The van der Waals surface area contributed by atoms with Gasteiger partial charge in [0.05, 0.1) is 33.4 Å². The lowest BCUT2D eigenvalue weighted by Gasteiger charge is -2.35. The van der Waals surface area contributed by atoms with Crippen molar-refractivity contribution >= 4 is 61.9 Å². The number of imidazole rings is 1. The molecule has 0 aliphatic carbocycles. The van der Waals surface area contributed by atoms with E-state index in [2.05, 4.69) is 94.1 Å². The summed E-state index contributed by atoms with van der Waals surface area (Å²) in [5, 5.41) is 18.9. The van der Waals surface area contributed by atoms with Gasteiger partial charge in [-0.2, -0.15) is 10.2 Å². The number of anilines is 4. The van der Waals surface area contributed by atoms with E-state index >= 15 is 0 Å². The lowest BCUT2D eigenvalue weighted by molar-refractivity contribution is 0.112. The van der Waals surface area contributed by atoms with Crippen LogP contribution in [0.25, 0.3) is 44.4 Å². The highest BCUT2D eigenvalue weighted by Crippen LogP contribution is 2.34. The molecule has 366 valence electrons. The number of nitrogens with two attached hydrogens (primary N) is 1. The third kappa shape index (κ3) is 10.8. The van der Waals surface area contributed by atoms with Gasteiger partial charge in [0.15, 0.2) is 35.2 Å². The lowest BCUT2D eigenvalue weighted by Crippen LogP contribution is -2.46. The smallest absolute Gasteiger partial charge is 0.168 e. The van der Waals surface area contributed by atoms with E-state index in [-0.39, 0.29) is 11.5 Å². The van der Waals surface area contributed by atoms with Crippen molar-refractivity contribution in [2.75, 3.05) is 93.3 Å². The molecule has 0 radical (unpaired) electrons. The number of hydrogen-bond donors (Lipinski definition) is 4. The van der Waals surface area contributed by atoms with Crippen molar-refractivity contribution in [1.82, 2.24) is 39.7 Å². The quantitative estimate of drug-likeness (QED) is 0.0719. The zero-order valence-corrected chi connectivity index (χ0v) is 40.3. The van der Waals surface area contributed by atoms with E-state index < -0.39 is 11.6 Å². The first-order chi connectivity index (χ1) is 34.6. The first-order valence-electron chi connectivity index (χ1n) is 23.9. The normalized spacial score (nSPS) is 14.2. The molecule has 9 aromatic rings. The maximum Gasteiger partial charge on any atom is 0.168 e. The van der Waals surface area contributed by atoms with Gasteiger partial charge in [-0.1, -0.05) is 38.1 Å². The summed E-state index contributed by atoms with van der Waals surface area (Å²) < 4.78 is 40.9. The summed E-state index contributed by atoms with van der Waals surface area (Å²) in [4.78, 5) is 25.5. The van der Waals surface area contributed by atoms with E-state index in [9.17, 15) is 13.6 Å². The van der Waals surface area contributed by atoms with Crippen molar-refractivity contribution in [2.24, 2.45) is 7.05 Å². The molecule has 0 amide bonds. The van der Waals surface area contributed by atoms with E-state index in [0.717, 1.165) is 110 Å². The Kier molecular flexibility index (Phi) is 14.7. The number of carbonyl (C=O) groups is 1. The van der Waals surface area contributed by atoms with Gasteiger partial charge < -0.3 is 44.7 Å². The van der Waals surface area contributed by atoms with Gasteiger partial charge in [0, 0.05) is 88.6 Å². The molecule has 6 aromatic carbocycles. The number of halogens is 2. The minimum Gasteiger partial charge on any atom is -0.454 e. The lowest BCUT2D eigenvalue weighted by atomic mass is 10.2. The number of aldehydes is 1. The number of aromatic nitrogens is 6. The molecule has 11 rings (SSSR count). The van der Waals surface area contributed by atoms with Crippen molar-refractivity contribution < 1.29 is 23.0 Å². The first-order valence-corrected chi connectivity index (χ1v) is 23.9. The number of nitrogens with zero attached hydrogens (tertiary/aromatic N) is 8. The molecule has 15 nitrogen and oxygen atoms in total. The van der Waals surface area contributed by atoms with E-state index in [1.807, 2.05) is 32.3 Å². The Morgan fingerprint density at radius 1 is 0.662 bits per heavy atom. The summed E-state index contributed by atoms with van der Waals surface area (Å²) in [5.74, 6) is 1.24. The Morgan fingerprint density at radius 2 is 1.23 bits per heavy atom. The summed E-state index contributed by atoms with van der Waals surface area (Å²) in [6, 6.07) is 35.8. The Balaban J connectivity index is 0.000000146. The number of hydrogen-bond acceptors (Lipinski definition) is 12. The molecule has 0 saturated carbocycles. The van der Waals surface area contributed by atoms with E-state index in [1.54, 1.807) is 54.6 Å². The minimum atomic E-state index is -0.439. The fourth-order valence-electron chi connectivity index (χ4n) is 8.89. The number of aromatic amines is 2. The van der Waals surface area contributed by atoms with Gasteiger partial charge in [0.2, 0.25) is 0 Å². The number of likely N-dealkylation sites (N-methyl/N-ethyl adjacent to an activating group) is 2. The molecule has 71 heavy (non-hydrogen) atoms. The van der Waals surface area contributed by atoms with Crippen LogP contribution in [0.4, 0.5) is 31.5 Å². The number of ether oxygens (including phenoxy) is 2. The van der Waals surface area contributed by atoms with Crippen LogP contribution in [-0.2, 0) is 7.05 Å². The third-order valence-corrected chi connectivity index (χ3v) is 13.1. The summed E-state index contributed by atoms with van der Waals surface area (Å²) in [5.41, 5.74) is 14.8. The highest BCUT2D eigenvalue weighted by Gasteiger charge is 2.21. The van der Waals surface area contributed by atoms with Crippen molar-refractivity contribution in [3.8, 4) is 34.5 Å². The molecule has 2 saturated heterocycles. The fraction of sp³-hybridized carbons (Fsp3) is 0.259. The molecule has 5 heterocycles. The predicted octanol–water partition coefficient (Wildman–Crippen LogP) is 9.95. The van der Waals surface area contributed by atoms with Gasteiger partial charge in [-0.25, -0.2) is 13.8 Å². The number of benzene rings is 6. The van der Waals surface area contributed by atoms with Crippen LogP contribution in [0.1, 0.15) is 24.3 Å². The van der Waals surface area contributed by atoms with Crippen LogP contribution >= 0.6 is 0 Å². The molecule has 2 fully saturated rings. The maximum absolute atomic E-state index is 14.1. The number of para-hydroxylation sites is 2. The van der Waals surface area contributed by atoms with Crippen LogP contribution < -0.4 is 30.3 Å². The third-order valence-electron chi connectivity index (χ3n) is 13.1. The van der Waals surface area contributed by atoms with E-state index in [4.69, 9.17) is 20.2 Å². The Labute approximate surface area is 410 Å². The van der Waals surface area contributed by atoms with Crippen LogP contribution in [0.2, 0.25) is 0 Å². The Bertz CT molecular complexity index is 3260. The van der Waals surface area contributed by atoms with Gasteiger partial charge in [0.25, 0.3) is 0 Å². The van der Waals surface area contributed by atoms with Gasteiger partial charge >= 0.3 is 0 Å². The van der Waals surface area contributed by atoms with Gasteiger partial charge in [-0.05, 0) is 110 Å². The highest BCUT2D eigenvalue weighted by atomic mass is 19.1. The van der Waals surface area contributed by atoms with Crippen LogP contribution in [0.3, 0.4) is 0 Å². The van der Waals surface area contributed by atoms with E-state index in [0.29, 0.717) is 34.4 Å². The highest BCUT2D eigenvalue weighted by molar-refractivity contribution is 5.96. The molecule has 0 atom stereocenters. The number of fused-ring (bicyclic) bond motifs is 3. The van der Waals surface area contributed by atoms with Crippen molar-refractivity contribution in [3.05, 3.63) is 139 Å². The minimum absolute atomic E-state index is 0.137. The van der Waals surface area contributed by atoms with E-state index in [1.165, 1.54) is 29.6 Å². The first kappa shape index (κ1) is 48.0. The largest absolute Gasteiger partial charge is 0.454 e. The predicted molar refractivity (Wildman–Crippen MR) is 279 cm³/mol. The second kappa shape index (κ2) is 21.7. The SMILES string of the molecule is CCN1CCN(c2ccc(N)c(NC)c2)CC1.CCN1CCN(c2ccc3nc(-c4n[nH]c5ccc(Oc6ccccc6F)cc45)n(C)c3c2)CC1.O=Cc1[nH]nc2ccc(Oc3ccccc3F)cc12. The molecule has 5 N–H and O–H groups in total. The molecule has 0 spiro atoms. The van der Waals surface area contributed by atoms with Crippen LogP contribution in [-0.4, -0.2) is 119 Å². The standard InChI is InChI=1S/C27H27FN6O.C14H9FN2O2.C13H22N4/c1-3-33-12-14-34(15-13-33)18-8-10-23-24(16-18)32(2)27(29-23)26-20-17-19(9-11-22(20)30-31-26)35-25-7-5-4-6-21(25)28;15-11-3-1-2-4-14(11)19-9-5-6-12-10(7-9)13(8-18)17-16-12;1-3-16-6-8-17(9-7-16)11-4-5-12(14)13(10-11)15-2/h4-11,16-17H,3,12-15H2,1-2H3,(H,30,31);1-8H,(H,16,17);4-5,10,15H,3,6-9,14H2,1-2H3. The second-order valence-corrected chi connectivity index (χ2v) is 17.3. The monoisotopic (exact) mass is 960 g/mol. The molecule has 3 aromatic heterocycles. The number of aryl methyl sites for hydroxylation is 1. The number of carbonyl (C=O) groups excluding carboxylic acids is 1. The van der Waals surface area contributed by atoms with Gasteiger partial charge in [-0.3, -0.25) is 15.0 Å². The number of nitrogen functional groups attached to an aromatic ring is 1. The van der Waals surface area contributed by atoms with Crippen molar-refractivity contribution in [2.45, 2.75) is 13.8 Å². The van der Waals surface area contributed by atoms with Crippen molar-refractivity contribution in [1.29, 1.82) is 0 Å². The fourth-order valence-corrected chi connectivity index (χ4v) is 8.89. The number of piperazine rings is 2.